The van der Waals surface area contributed by atoms with E-state index in [0.717, 1.165) is 28.1 Å². The molecule has 0 bridgehead atoms. The van der Waals surface area contributed by atoms with Gasteiger partial charge in [-0.05, 0) is 60.5 Å². The normalized spacial score (nSPS) is 17.2. The fraction of sp³-hybridized carbons (Fsp3) is 0.172. The summed E-state index contributed by atoms with van der Waals surface area (Å²) in [5.41, 5.74) is 3.33. The Morgan fingerprint density at radius 2 is 1.68 bits per heavy atom. The van der Waals surface area contributed by atoms with Crippen molar-refractivity contribution in [1.82, 2.24) is 14.5 Å². The number of imidazole rings is 1. The monoisotopic (exact) mass is 500 g/mol. The summed E-state index contributed by atoms with van der Waals surface area (Å²) in [6, 6.07) is 18.3. The molecule has 0 saturated carbocycles. The van der Waals surface area contributed by atoms with Gasteiger partial charge in [0.2, 0.25) is 5.72 Å². The van der Waals surface area contributed by atoms with Crippen molar-refractivity contribution < 1.29 is 18.4 Å². The van der Waals surface area contributed by atoms with E-state index in [1.165, 1.54) is 24.3 Å². The van der Waals surface area contributed by atoms with Gasteiger partial charge in [0.15, 0.2) is 5.84 Å². The molecule has 1 aromatic heterocycles. The van der Waals surface area contributed by atoms with Crippen LogP contribution in [0.1, 0.15) is 29.3 Å². The average Bonchev–Trinajstić information content (AvgIpc) is 3.48. The highest BCUT2D eigenvalue weighted by atomic mass is 19.1. The minimum atomic E-state index is -0.984. The first-order chi connectivity index (χ1) is 17.9. The van der Waals surface area contributed by atoms with E-state index < -0.39 is 5.72 Å². The number of ether oxygens (including phenoxy) is 1. The maximum atomic E-state index is 13.6. The van der Waals surface area contributed by atoms with Crippen molar-refractivity contribution in [1.29, 1.82) is 0 Å². The van der Waals surface area contributed by atoms with Crippen molar-refractivity contribution in [3.05, 3.63) is 119 Å². The van der Waals surface area contributed by atoms with E-state index >= 15 is 0 Å². The van der Waals surface area contributed by atoms with E-state index in [0.29, 0.717) is 18.1 Å². The van der Waals surface area contributed by atoms with Gasteiger partial charge in [-0.3, -0.25) is 0 Å². The number of benzene rings is 3. The van der Waals surface area contributed by atoms with E-state index in [1.807, 2.05) is 59.9 Å². The molecule has 1 aliphatic heterocycles. The van der Waals surface area contributed by atoms with Crippen LogP contribution in [0, 0.1) is 18.6 Å². The molecule has 5 rings (SSSR count). The van der Waals surface area contributed by atoms with Crippen molar-refractivity contribution in [3.63, 3.8) is 0 Å². The van der Waals surface area contributed by atoms with Gasteiger partial charge in [-0.1, -0.05) is 41.6 Å². The second-order valence-corrected chi connectivity index (χ2v) is 8.93. The first kappa shape index (κ1) is 24.2. The zero-order valence-electron chi connectivity index (χ0n) is 20.7. The van der Waals surface area contributed by atoms with Crippen LogP contribution in [-0.2, 0) is 17.1 Å². The zero-order chi connectivity index (χ0) is 26.0. The average molecular weight is 501 g/mol. The Hall–Kier alpha value is -4.46. The highest BCUT2D eigenvalue weighted by Crippen LogP contribution is 2.37. The summed E-state index contributed by atoms with van der Waals surface area (Å²) in [6.07, 6.45) is 7.45. The van der Waals surface area contributed by atoms with Gasteiger partial charge in [-0.15, -0.1) is 0 Å². The van der Waals surface area contributed by atoms with Crippen LogP contribution in [0.4, 0.5) is 8.78 Å². The highest BCUT2D eigenvalue weighted by molar-refractivity contribution is 5.97. The molecule has 0 saturated heterocycles. The number of rotatable bonds is 7. The summed E-state index contributed by atoms with van der Waals surface area (Å²) >= 11 is 0. The lowest BCUT2D eigenvalue weighted by Crippen LogP contribution is -2.43. The predicted octanol–water partition coefficient (Wildman–Crippen LogP) is 6.20. The molecule has 1 atom stereocenters. The molecule has 0 fully saturated rings. The molecule has 0 radical (unpaired) electrons. The Bertz CT molecular complexity index is 1460. The van der Waals surface area contributed by atoms with Crippen LogP contribution in [0.5, 0.6) is 5.75 Å². The first-order valence-electron chi connectivity index (χ1n) is 11.8. The molecular weight excluding hydrogens is 474 g/mol. The summed E-state index contributed by atoms with van der Waals surface area (Å²) in [7, 11) is 1.63. The summed E-state index contributed by atoms with van der Waals surface area (Å²) in [6.45, 7) is 4.21. The van der Waals surface area contributed by atoms with Gasteiger partial charge in [-0.2, -0.15) is 0 Å². The van der Waals surface area contributed by atoms with Crippen molar-refractivity contribution in [2.45, 2.75) is 26.1 Å². The number of aryl methyl sites for hydroxylation is 1. The van der Waals surface area contributed by atoms with E-state index in [1.54, 1.807) is 37.7 Å². The van der Waals surface area contributed by atoms with Gasteiger partial charge in [-0.25, -0.2) is 13.8 Å². The molecule has 37 heavy (non-hydrogen) atoms. The fourth-order valence-corrected chi connectivity index (χ4v) is 4.28. The number of aromatic nitrogens is 2. The fourth-order valence-electron chi connectivity index (χ4n) is 4.28. The molecule has 1 unspecified atom stereocenters. The molecule has 0 amide bonds. The summed E-state index contributed by atoms with van der Waals surface area (Å²) < 4.78 is 34.7. The Balaban J connectivity index is 1.45. The number of methoxy groups -OCH3 is 1. The smallest absolute Gasteiger partial charge is 0.234 e. The Morgan fingerprint density at radius 1 is 0.973 bits per heavy atom. The lowest BCUT2D eigenvalue weighted by atomic mass is 10.0. The zero-order valence-corrected chi connectivity index (χ0v) is 20.7. The Kier molecular flexibility index (Phi) is 6.48. The number of amidine groups is 1. The molecule has 3 aromatic carbocycles. The molecule has 0 aliphatic carbocycles. The summed E-state index contributed by atoms with van der Waals surface area (Å²) in [4.78, 5) is 12.2. The van der Waals surface area contributed by atoms with Crippen LogP contribution >= 0.6 is 0 Å². The van der Waals surface area contributed by atoms with Crippen molar-refractivity contribution in [2.75, 3.05) is 7.11 Å². The minimum absolute atomic E-state index is 0.306. The Labute approximate surface area is 214 Å². The van der Waals surface area contributed by atoms with Crippen molar-refractivity contribution in [3.8, 4) is 11.4 Å². The molecule has 6 nitrogen and oxygen atoms in total. The summed E-state index contributed by atoms with van der Waals surface area (Å²) in [5.74, 6) is 0.632. The second-order valence-electron chi connectivity index (χ2n) is 8.93. The summed E-state index contributed by atoms with van der Waals surface area (Å²) in [5, 5.41) is 4.35. The van der Waals surface area contributed by atoms with Crippen molar-refractivity contribution >= 4 is 11.9 Å². The second kappa shape index (κ2) is 9.89. The first-order valence-corrected chi connectivity index (χ1v) is 11.8. The quantitative estimate of drug-likeness (QED) is 0.303. The molecule has 4 aromatic rings. The third kappa shape index (κ3) is 4.95. The number of oxime groups is 1. The van der Waals surface area contributed by atoms with E-state index in [-0.39, 0.29) is 11.6 Å². The lowest BCUT2D eigenvalue weighted by Gasteiger charge is -2.34. The van der Waals surface area contributed by atoms with Gasteiger partial charge >= 0.3 is 0 Å². The number of hydrogen-bond donors (Lipinski definition) is 0. The van der Waals surface area contributed by atoms with Crippen LogP contribution in [0.25, 0.3) is 11.8 Å². The molecular formula is C29H26F2N4O2. The lowest BCUT2D eigenvalue weighted by molar-refractivity contribution is -0.0935. The van der Waals surface area contributed by atoms with Crippen LogP contribution in [0.2, 0.25) is 0 Å². The largest absolute Gasteiger partial charge is 0.495 e. The van der Waals surface area contributed by atoms with Gasteiger partial charge in [0.05, 0.1) is 24.8 Å². The SMILES string of the molecule is COc1cc(C=CC2=NOC(C)(c3ccc(F)cc3)N2Cc2ccc(F)cc2)ccc1-n1cnc(C)c1. The molecule has 0 N–H and O–H groups in total. The third-order valence-electron chi connectivity index (χ3n) is 6.36. The number of hydrogen-bond acceptors (Lipinski definition) is 5. The van der Waals surface area contributed by atoms with Crippen LogP contribution < -0.4 is 4.74 Å². The van der Waals surface area contributed by atoms with Gasteiger partial charge in [0.1, 0.15) is 17.4 Å². The standard InChI is InChI=1S/C29H26F2N4O2/c1-20-17-34(19-32-20)26-14-6-21(16-27(26)36-3)7-15-28-33-37-29(2,23-8-12-25(31)13-9-23)35(28)18-22-4-10-24(30)11-5-22/h4-17,19H,18H2,1-3H3. The molecule has 8 heteroatoms. The molecule has 0 spiro atoms. The minimum Gasteiger partial charge on any atom is -0.495 e. The van der Waals surface area contributed by atoms with Crippen LogP contribution in [-0.4, -0.2) is 27.4 Å². The number of halogens is 2. The van der Waals surface area contributed by atoms with Crippen LogP contribution in [0.15, 0.2) is 90.5 Å². The van der Waals surface area contributed by atoms with E-state index in [2.05, 4.69) is 10.1 Å². The predicted molar refractivity (Wildman–Crippen MR) is 138 cm³/mol. The van der Waals surface area contributed by atoms with Crippen LogP contribution in [0.3, 0.4) is 0 Å². The maximum Gasteiger partial charge on any atom is 0.234 e. The van der Waals surface area contributed by atoms with Gasteiger partial charge in [0, 0.05) is 25.2 Å². The topological polar surface area (TPSA) is 51.9 Å². The highest BCUT2D eigenvalue weighted by Gasteiger charge is 2.42. The molecule has 188 valence electrons. The van der Waals surface area contributed by atoms with Gasteiger partial charge < -0.3 is 19.0 Å². The molecule has 1 aliphatic rings. The van der Waals surface area contributed by atoms with E-state index in [4.69, 9.17) is 9.57 Å². The number of nitrogens with zero attached hydrogens (tertiary/aromatic N) is 4. The van der Waals surface area contributed by atoms with E-state index in [9.17, 15) is 8.78 Å². The maximum absolute atomic E-state index is 13.6. The van der Waals surface area contributed by atoms with Gasteiger partial charge in [0.25, 0.3) is 0 Å². The molecule has 2 heterocycles. The third-order valence-corrected chi connectivity index (χ3v) is 6.36. The Morgan fingerprint density at radius 3 is 2.32 bits per heavy atom. The van der Waals surface area contributed by atoms with Crippen molar-refractivity contribution in [2.24, 2.45) is 5.16 Å².